The molecule has 0 radical (unpaired) electrons. The Morgan fingerprint density at radius 3 is 2.56 bits per heavy atom. The van der Waals surface area contributed by atoms with Crippen molar-refractivity contribution >= 4 is 11.6 Å². The number of aliphatic hydroxyl groups excluding tert-OH is 1. The minimum absolute atomic E-state index is 0.0159. The summed E-state index contributed by atoms with van der Waals surface area (Å²) in [4.78, 5) is 0. The van der Waals surface area contributed by atoms with E-state index in [1.54, 1.807) is 0 Å². The van der Waals surface area contributed by atoms with Crippen LogP contribution in [0.1, 0.15) is 68.7 Å². The molecule has 3 rings (SSSR count). The van der Waals surface area contributed by atoms with Crippen LogP contribution in [0.25, 0.3) is 0 Å². The van der Waals surface area contributed by atoms with Crippen molar-refractivity contribution in [2.45, 2.75) is 64.0 Å². The topological polar surface area (TPSA) is 38.0 Å². The Balaban J connectivity index is 1.94. The molecule has 1 heterocycles. The first-order valence-electron chi connectivity index (χ1n) is 7.10. The van der Waals surface area contributed by atoms with Crippen LogP contribution in [-0.4, -0.2) is 14.9 Å². The fourth-order valence-corrected chi connectivity index (χ4v) is 3.53. The lowest BCUT2D eigenvalue weighted by molar-refractivity contribution is 0.279. The molecule has 1 N–H and O–H groups in total. The summed E-state index contributed by atoms with van der Waals surface area (Å²) in [6, 6.07) is 0.373. The zero-order valence-electron chi connectivity index (χ0n) is 10.9. The fourth-order valence-electron chi connectivity index (χ4n) is 3.19. The van der Waals surface area contributed by atoms with Gasteiger partial charge in [0.25, 0.3) is 0 Å². The first-order chi connectivity index (χ1) is 8.72. The van der Waals surface area contributed by atoms with Gasteiger partial charge in [-0.1, -0.05) is 24.4 Å². The molecule has 2 aliphatic rings. The highest BCUT2D eigenvalue weighted by atomic mass is 35.5. The molecule has 0 bridgehead atoms. The Morgan fingerprint density at radius 2 is 2.00 bits per heavy atom. The monoisotopic (exact) mass is 268 g/mol. The molecule has 18 heavy (non-hydrogen) atoms. The van der Waals surface area contributed by atoms with Crippen molar-refractivity contribution < 1.29 is 5.11 Å². The molecule has 0 spiro atoms. The van der Waals surface area contributed by atoms with Crippen LogP contribution in [-0.2, 0) is 6.61 Å². The van der Waals surface area contributed by atoms with Crippen LogP contribution in [0, 0.1) is 5.92 Å². The van der Waals surface area contributed by atoms with E-state index in [1.165, 1.54) is 38.5 Å². The number of aliphatic hydroxyl groups is 1. The van der Waals surface area contributed by atoms with Crippen LogP contribution >= 0.6 is 11.6 Å². The minimum Gasteiger partial charge on any atom is -0.391 e. The van der Waals surface area contributed by atoms with E-state index in [4.69, 9.17) is 16.7 Å². The van der Waals surface area contributed by atoms with Crippen LogP contribution in [0.5, 0.6) is 0 Å². The van der Waals surface area contributed by atoms with Crippen LogP contribution in [0.2, 0.25) is 5.15 Å². The summed E-state index contributed by atoms with van der Waals surface area (Å²) in [7, 11) is 0. The van der Waals surface area contributed by atoms with Gasteiger partial charge in [0, 0.05) is 11.5 Å². The summed E-state index contributed by atoms with van der Waals surface area (Å²) < 4.78 is 1.96. The van der Waals surface area contributed by atoms with Crippen LogP contribution < -0.4 is 0 Å². The second-order valence-corrected chi connectivity index (χ2v) is 6.17. The molecular weight excluding hydrogens is 248 g/mol. The van der Waals surface area contributed by atoms with E-state index >= 15 is 0 Å². The molecule has 1 aromatic heterocycles. The average Bonchev–Trinajstić information content (AvgIpc) is 2.97. The highest BCUT2D eigenvalue weighted by Crippen LogP contribution is 2.43. The highest BCUT2D eigenvalue weighted by molar-refractivity contribution is 6.30. The summed E-state index contributed by atoms with van der Waals surface area (Å²) in [5.41, 5.74) is 1.93. The standard InChI is InChI=1S/C14H21ClN2O/c1-9(10-6-7-10)17-14(15)12(8-18)13(16-17)11-4-2-3-5-11/h9-11,18H,2-8H2,1H3. The van der Waals surface area contributed by atoms with E-state index in [1.807, 2.05) is 4.68 Å². The van der Waals surface area contributed by atoms with Crippen LogP contribution in [0.15, 0.2) is 0 Å². The van der Waals surface area contributed by atoms with Gasteiger partial charge in [-0.3, -0.25) is 4.68 Å². The molecule has 0 aliphatic heterocycles. The Bertz CT molecular complexity index is 433. The number of nitrogens with zero attached hydrogens (tertiary/aromatic N) is 2. The van der Waals surface area contributed by atoms with Gasteiger partial charge in [-0.2, -0.15) is 5.10 Å². The number of hydrogen-bond donors (Lipinski definition) is 1. The van der Waals surface area contributed by atoms with E-state index in [-0.39, 0.29) is 6.61 Å². The zero-order chi connectivity index (χ0) is 12.7. The smallest absolute Gasteiger partial charge is 0.133 e. The molecule has 1 aromatic rings. The third-order valence-corrected chi connectivity index (χ3v) is 4.97. The Kier molecular flexibility index (Phi) is 3.37. The normalized spacial score (nSPS) is 22.6. The molecule has 0 aromatic carbocycles. The van der Waals surface area contributed by atoms with Crippen molar-refractivity contribution in [3.63, 3.8) is 0 Å². The first kappa shape index (κ1) is 12.5. The average molecular weight is 269 g/mol. The lowest BCUT2D eigenvalue weighted by atomic mass is 10.0. The van der Waals surface area contributed by atoms with Gasteiger partial charge in [-0.05, 0) is 38.5 Å². The molecule has 2 saturated carbocycles. The van der Waals surface area contributed by atoms with Gasteiger partial charge in [-0.15, -0.1) is 0 Å². The molecule has 2 aliphatic carbocycles. The lowest BCUT2D eigenvalue weighted by Gasteiger charge is -2.12. The van der Waals surface area contributed by atoms with Gasteiger partial charge in [0.2, 0.25) is 0 Å². The van der Waals surface area contributed by atoms with Gasteiger partial charge in [0.15, 0.2) is 0 Å². The van der Waals surface area contributed by atoms with Gasteiger partial charge < -0.3 is 5.11 Å². The predicted octanol–water partition coefficient (Wildman–Crippen LogP) is 3.66. The molecule has 100 valence electrons. The Labute approximate surface area is 113 Å². The zero-order valence-corrected chi connectivity index (χ0v) is 11.7. The molecule has 0 saturated heterocycles. The Morgan fingerprint density at radius 1 is 1.33 bits per heavy atom. The molecule has 3 nitrogen and oxygen atoms in total. The number of aromatic nitrogens is 2. The maximum Gasteiger partial charge on any atom is 0.133 e. The quantitative estimate of drug-likeness (QED) is 0.905. The first-order valence-corrected chi connectivity index (χ1v) is 7.47. The lowest BCUT2D eigenvalue weighted by Crippen LogP contribution is -2.09. The number of rotatable bonds is 4. The van der Waals surface area contributed by atoms with Crippen molar-refractivity contribution in [2.75, 3.05) is 0 Å². The van der Waals surface area contributed by atoms with E-state index in [0.717, 1.165) is 17.2 Å². The summed E-state index contributed by atoms with van der Waals surface area (Å²) in [5.74, 6) is 1.24. The van der Waals surface area contributed by atoms with Crippen LogP contribution in [0.3, 0.4) is 0 Å². The van der Waals surface area contributed by atoms with E-state index < -0.39 is 0 Å². The third-order valence-electron chi connectivity index (χ3n) is 4.56. The predicted molar refractivity (Wildman–Crippen MR) is 71.8 cm³/mol. The van der Waals surface area contributed by atoms with Crippen molar-refractivity contribution in [2.24, 2.45) is 5.92 Å². The molecule has 4 heteroatoms. The number of hydrogen-bond acceptors (Lipinski definition) is 2. The summed E-state index contributed by atoms with van der Waals surface area (Å²) in [6.07, 6.45) is 7.50. The SMILES string of the molecule is CC(C1CC1)n1nc(C2CCCC2)c(CO)c1Cl. The fraction of sp³-hybridized carbons (Fsp3) is 0.786. The molecule has 1 atom stereocenters. The van der Waals surface area contributed by atoms with Gasteiger partial charge >= 0.3 is 0 Å². The largest absolute Gasteiger partial charge is 0.391 e. The van der Waals surface area contributed by atoms with Crippen molar-refractivity contribution in [3.05, 3.63) is 16.4 Å². The summed E-state index contributed by atoms with van der Waals surface area (Å²) in [6.45, 7) is 2.21. The van der Waals surface area contributed by atoms with Crippen molar-refractivity contribution in [3.8, 4) is 0 Å². The third kappa shape index (κ3) is 2.08. The van der Waals surface area contributed by atoms with Crippen molar-refractivity contribution in [1.82, 2.24) is 9.78 Å². The van der Waals surface area contributed by atoms with Gasteiger partial charge in [0.1, 0.15) is 5.15 Å². The molecule has 1 unspecified atom stereocenters. The maximum absolute atomic E-state index is 9.57. The molecular formula is C14H21ClN2O. The summed E-state index contributed by atoms with van der Waals surface area (Å²) in [5, 5.41) is 15.0. The minimum atomic E-state index is 0.0159. The summed E-state index contributed by atoms with van der Waals surface area (Å²) >= 11 is 6.42. The van der Waals surface area contributed by atoms with E-state index in [0.29, 0.717) is 17.1 Å². The second kappa shape index (κ2) is 4.86. The Hall–Kier alpha value is -0.540. The van der Waals surface area contributed by atoms with Gasteiger partial charge in [0.05, 0.1) is 18.3 Å². The molecule has 2 fully saturated rings. The van der Waals surface area contributed by atoms with E-state index in [9.17, 15) is 5.11 Å². The highest BCUT2D eigenvalue weighted by Gasteiger charge is 2.33. The van der Waals surface area contributed by atoms with E-state index in [2.05, 4.69) is 6.92 Å². The van der Waals surface area contributed by atoms with Gasteiger partial charge in [-0.25, -0.2) is 0 Å². The molecule has 0 amide bonds. The second-order valence-electron chi connectivity index (χ2n) is 5.82. The number of halogens is 1. The van der Waals surface area contributed by atoms with Crippen molar-refractivity contribution in [1.29, 1.82) is 0 Å². The maximum atomic E-state index is 9.57. The van der Waals surface area contributed by atoms with Crippen LogP contribution in [0.4, 0.5) is 0 Å².